The predicted octanol–water partition coefficient (Wildman–Crippen LogP) is 2.34. The fourth-order valence-electron chi connectivity index (χ4n) is 1.20. The lowest BCUT2D eigenvalue weighted by molar-refractivity contribution is 0.141. The van der Waals surface area contributed by atoms with E-state index in [2.05, 4.69) is 0 Å². The number of hydrogen-bond donors (Lipinski definition) is 0. The number of rotatable bonds is 3. The van der Waals surface area contributed by atoms with Crippen LogP contribution in [0.3, 0.4) is 0 Å². The molecule has 1 fully saturated rings. The van der Waals surface area contributed by atoms with Crippen LogP contribution in [0.25, 0.3) is 0 Å². The molecule has 0 radical (unpaired) electrons. The van der Waals surface area contributed by atoms with E-state index in [1.807, 2.05) is 0 Å². The number of alkyl halides is 2. The van der Waals surface area contributed by atoms with Crippen molar-refractivity contribution < 1.29 is 8.78 Å². The van der Waals surface area contributed by atoms with Crippen molar-refractivity contribution in [3.8, 4) is 0 Å². The lowest BCUT2D eigenvalue weighted by Gasteiger charge is -2.30. The monoisotopic (exact) mass is 134 g/mol. The molecular formula is C7H12F2. The van der Waals surface area contributed by atoms with Gasteiger partial charge in [0.05, 0.1) is 13.3 Å². The topological polar surface area (TPSA) is 0 Å². The van der Waals surface area contributed by atoms with Gasteiger partial charge in [-0.2, -0.15) is 0 Å². The van der Waals surface area contributed by atoms with Crippen molar-refractivity contribution in [3.05, 3.63) is 0 Å². The highest BCUT2D eigenvalue weighted by Crippen LogP contribution is 2.33. The Bertz CT molecular complexity index is 75.0. The van der Waals surface area contributed by atoms with Crippen LogP contribution < -0.4 is 0 Å². The van der Waals surface area contributed by atoms with E-state index in [1.165, 1.54) is 6.42 Å². The van der Waals surface area contributed by atoms with E-state index in [0.29, 0.717) is 5.92 Å². The van der Waals surface area contributed by atoms with Gasteiger partial charge in [-0.05, 0) is 18.8 Å². The molecule has 0 aromatic rings. The SMILES string of the molecule is FCC(CF)C1CCC1. The van der Waals surface area contributed by atoms with Gasteiger partial charge in [0.15, 0.2) is 0 Å². The summed E-state index contributed by atoms with van der Waals surface area (Å²) in [5.74, 6) is 0.0822. The standard InChI is InChI=1S/C7H12F2/c8-4-7(5-9)6-2-1-3-6/h6-7H,1-5H2. The minimum absolute atomic E-state index is 0.279. The van der Waals surface area contributed by atoms with Crippen LogP contribution in [0, 0.1) is 11.8 Å². The second-order valence-electron chi connectivity index (χ2n) is 2.76. The molecule has 0 amide bonds. The zero-order valence-electron chi connectivity index (χ0n) is 5.45. The Balaban J connectivity index is 2.19. The van der Waals surface area contributed by atoms with Crippen molar-refractivity contribution in [2.24, 2.45) is 11.8 Å². The van der Waals surface area contributed by atoms with Gasteiger partial charge in [0.2, 0.25) is 0 Å². The summed E-state index contributed by atoms with van der Waals surface area (Å²) in [4.78, 5) is 0. The summed E-state index contributed by atoms with van der Waals surface area (Å²) in [6.45, 7) is -0.942. The second-order valence-corrected chi connectivity index (χ2v) is 2.76. The fourth-order valence-corrected chi connectivity index (χ4v) is 1.20. The average molecular weight is 134 g/mol. The van der Waals surface area contributed by atoms with Crippen molar-refractivity contribution in [2.75, 3.05) is 13.3 Å². The van der Waals surface area contributed by atoms with Gasteiger partial charge in [0, 0.05) is 5.92 Å². The van der Waals surface area contributed by atoms with Gasteiger partial charge in [-0.1, -0.05) is 6.42 Å². The van der Waals surface area contributed by atoms with E-state index >= 15 is 0 Å². The third kappa shape index (κ3) is 1.41. The summed E-state index contributed by atoms with van der Waals surface area (Å²) in [7, 11) is 0. The number of hydrogen-bond acceptors (Lipinski definition) is 0. The van der Waals surface area contributed by atoms with Gasteiger partial charge in [-0.3, -0.25) is 8.78 Å². The highest BCUT2D eigenvalue weighted by molar-refractivity contribution is 4.76. The second kappa shape index (κ2) is 3.14. The molecule has 54 valence electrons. The van der Waals surface area contributed by atoms with Gasteiger partial charge in [-0.15, -0.1) is 0 Å². The van der Waals surface area contributed by atoms with Gasteiger partial charge < -0.3 is 0 Å². The lowest BCUT2D eigenvalue weighted by Crippen LogP contribution is -2.24. The molecule has 1 saturated carbocycles. The maximum Gasteiger partial charge on any atom is 0.0950 e. The van der Waals surface area contributed by atoms with Crippen molar-refractivity contribution >= 4 is 0 Å². The smallest absolute Gasteiger partial charge is 0.0950 e. The summed E-state index contributed by atoms with van der Waals surface area (Å²) < 4.78 is 23.8. The van der Waals surface area contributed by atoms with Crippen LogP contribution in [0.2, 0.25) is 0 Å². The first-order valence-corrected chi connectivity index (χ1v) is 3.50. The normalized spacial score (nSPS) is 20.3. The Labute approximate surface area is 54.3 Å². The highest BCUT2D eigenvalue weighted by atomic mass is 19.1. The molecule has 0 unspecified atom stereocenters. The van der Waals surface area contributed by atoms with Crippen LogP contribution in [0.1, 0.15) is 19.3 Å². The Hall–Kier alpha value is -0.140. The first kappa shape index (κ1) is 6.97. The van der Waals surface area contributed by atoms with E-state index in [-0.39, 0.29) is 5.92 Å². The summed E-state index contributed by atoms with van der Waals surface area (Å²) in [5.41, 5.74) is 0. The van der Waals surface area contributed by atoms with Crippen molar-refractivity contribution in [1.82, 2.24) is 0 Å². The molecule has 0 nitrogen and oxygen atoms in total. The van der Waals surface area contributed by atoms with E-state index in [9.17, 15) is 8.78 Å². The summed E-state index contributed by atoms with van der Waals surface area (Å²) in [5, 5.41) is 0. The molecule has 0 atom stereocenters. The fraction of sp³-hybridized carbons (Fsp3) is 1.00. The molecule has 0 aromatic carbocycles. The number of halogens is 2. The molecule has 0 aliphatic heterocycles. The summed E-state index contributed by atoms with van der Waals surface area (Å²) >= 11 is 0. The van der Waals surface area contributed by atoms with E-state index < -0.39 is 13.3 Å². The molecule has 1 rings (SSSR count). The minimum Gasteiger partial charge on any atom is -0.251 e. The predicted molar refractivity (Wildman–Crippen MR) is 32.8 cm³/mol. The molecule has 0 bridgehead atoms. The molecule has 0 heterocycles. The first-order valence-electron chi connectivity index (χ1n) is 3.50. The third-order valence-corrected chi connectivity index (χ3v) is 2.21. The van der Waals surface area contributed by atoms with Crippen LogP contribution in [0.15, 0.2) is 0 Å². The molecular weight excluding hydrogens is 122 g/mol. The average Bonchev–Trinajstić information content (AvgIpc) is 1.78. The zero-order chi connectivity index (χ0) is 6.69. The van der Waals surface area contributed by atoms with Crippen molar-refractivity contribution in [3.63, 3.8) is 0 Å². The third-order valence-electron chi connectivity index (χ3n) is 2.21. The van der Waals surface area contributed by atoms with Crippen LogP contribution in [0.4, 0.5) is 8.78 Å². The van der Waals surface area contributed by atoms with E-state index in [0.717, 1.165) is 12.8 Å². The maximum absolute atomic E-state index is 11.9. The van der Waals surface area contributed by atoms with Gasteiger partial charge >= 0.3 is 0 Å². The van der Waals surface area contributed by atoms with Crippen molar-refractivity contribution in [2.45, 2.75) is 19.3 Å². The first-order chi connectivity index (χ1) is 4.38. The van der Waals surface area contributed by atoms with Crippen molar-refractivity contribution in [1.29, 1.82) is 0 Å². The quantitative estimate of drug-likeness (QED) is 0.555. The molecule has 0 saturated heterocycles. The summed E-state index contributed by atoms with van der Waals surface area (Å²) in [6.07, 6.45) is 3.25. The summed E-state index contributed by atoms with van der Waals surface area (Å²) in [6, 6.07) is 0. The van der Waals surface area contributed by atoms with Gasteiger partial charge in [0.25, 0.3) is 0 Å². The van der Waals surface area contributed by atoms with Gasteiger partial charge in [-0.25, -0.2) is 0 Å². The Morgan fingerprint density at radius 3 is 1.89 bits per heavy atom. The van der Waals surface area contributed by atoms with E-state index in [4.69, 9.17) is 0 Å². The zero-order valence-corrected chi connectivity index (χ0v) is 5.45. The van der Waals surface area contributed by atoms with Crippen LogP contribution in [-0.2, 0) is 0 Å². The molecule has 0 N–H and O–H groups in total. The lowest BCUT2D eigenvalue weighted by atomic mass is 9.77. The molecule has 1 aliphatic rings. The van der Waals surface area contributed by atoms with Crippen LogP contribution >= 0.6 is 0 Å². The van der Waals surface area contributed by atoms with Crippen LogP contribution in [0.5, 0.6) is 0 Å². The maximum atomic E-state index is 11.9. The van der Waals surface area contributed by atoms with Crippen LogP contribution in [-0.4, -0.2) is 13.3 Å². The molecule has 2 heteroatoms. The molecule has 1 aliphatic carbocycles. The molecule has 9 heavy (non-hydrogen) atoms. The molecule has 0 spiro atoms. The van der Waals surface area contributed by atoms with Gasteiger partial charge in [0.1, 0.15) is 0 Å². The highest BCUT2D eigenvalue weighted by Gasteiger charge is 2.26. The Morgan fingerprint density at radius 1 is 1.22 bits per heavy atom. The molecule has 0 aromatic heterocycles. The minimum atomic E-state index is -0.471. The Morgan fingerprint density at radius 2 is 1.78 bits per heavy atom. The Kier molecular flexibility index (Phi) is 2.43. The van der Waals surface area contributed by atoms with E-state index in [1.54, 1.807) is 0 Å². The largest absolute Gasteiger partial charge is 0.251 e.